The molecule has 134 valence electrons. The first-order valence-corrected chi connectivity index (χ1v) is 9.94. The number of amides is 1. The van der Waals surface area contributed by atoms with Crippen LogP contribution >= 0.6 is 11.8 Å². The fraction of sp³-hybridized carbons (Fsp3) is 0.235. The Hall–Kier alpha value is -2.03. The van der Waals surface area contributed by atoms with Crippen LogP contribution in [0.4, 0.5) is 5.69 Å². The zero-order chi connectivity index (χ0) is 18.4. The van der Waals surface area contributed by atoms with Gasteiger partial charge in [0.25, 0.3) is 0 Å². The predicted molar refractivity (Wildman–Crippen MR) is 99.8 cm³/mol. The van der Waals surface area contributed by atoms with Crippen LogP contribution in [0.5, 0.6) is 5.75 Å². The molecule has 0 aliphatic rings. The van der Waals surface area contributed by atoms with Gasteiger partial charge < -0.3 is 10.1 Å². The number of hydrogen-bond donors (Lipinski definition) is 2. The van der Waals surface area contributed by atoms with E-state index in [2.05, 4.69) is 10.0 Å². The molecule has 0 aliphatic carbocycles. The van der Waals surface area contributed by atoms with Crippen molar-refractivity contribution >= 4 is 33.4 Å². The van der Waals surface area contributed by atoms with Gasteiger partial charge in [-0.3, -0.25) is 4.79 Å². The summed E-state index contributed by atoms with van der Waals surface area (Å²) in [6.07, 6.45) is 0. The van der Waals surface area contributed by atoms with Crippen LogP contribution in [0.1, 0.15) is 5.56 Å². The van der Waals surface area contributed by atoms with Crippen LogP contribution in [0, 0.1) is 6.92 Å². The maximum atomic E-state index is 12.2. The highest BCUT2D eigenvalue weighted by Gasteiger charge is 2.16. The van der Waals surface area contributed by atoms with Crippen molar-refractivity contribution in [1.82, 2.24) is 4.72 Å². The molecule has 2 N–H and O–H groups in total. The lowest BCUT2D eigenvalue weighted by Gasteiger charge is -2.11. The molecule has 0 unspecified atom stereocenters. The molecule has 25 heavy (non-hydrogen) atoms. The average molecular weight is 380 g/mol. The minimum absolute atomic E-state index is 0.144. The zero-order valence-corrected chi connectivity index (χ0v) is 15.8. The second kappa shape index (κ2) is 8.37. The van der Waals surface area contributed by atoms with Crippen molar-refractivity contribution in [3.63, 3.8) is 0 Å². The quantitative estimate of drug-likeness (QED) is 0.722. The Balaban J connectivity index is 2.07. The van der Waals surface area contributed by atoms with E-state index in [1.54, 1.807) is 26.2 Å². The van der Waals surface area contributed by atoms with E-state index in [0.29, 0.717) is 17.0 Å². The second-order valence-corrected chi connectivity index (χ2v) is 8.05. The number of anilines is 1. The zero-order valence-electron chi connectivity index (χ0n) is 14.2. The highest BCUT2D eigenvalue weighted by atomic mass is 32.2. The Morgan fingerprint density at radius 1 is 1.20 bits per heavy atom. The van der Waals surface area contributed by atoms with Crippen molar-refractivity contribution in [2.24, 2.45) is 0 Å². The van der Waals surface area contributed by atoms with Gasteiger partial charge >= 0.3 is 0 Å². The smallest absolute Gasteiger partial charge is 0.240 e. The molecule has 0 radical (unpaired) electrons. The van der Waals surface area contributed by atoms with E-state index < -0.39 is 10.0 Å². The van der Waals surface area contributed by atoms with Crippen molar-refractivity contribution in [3.8, 4) is 5.75 Å². The first-order valence-electron chi connectivity index (χ1n) is 7.47. The molecule has 2 aromatic rings. The number of nitrogens with one attached hydrogen (secondary N) is 2. The van der Waals surface area contributed by atoms with Crippen molar-refractivity contribution in [3.05, 3.63) is 48.0 Å². The molecule has 1 amide bonds. The molecule has 0 bridgehead atoms. The summed E-state index contributed by atoms with van der Waals surface area (Å²) in [4.78, 5) is 13.2. The third kappa shape index (κ3) is 4.97. The van der Waals surface area contributed by atoms with Crippen molar-refractivity contribution in [2.75, 3.05) is 25.2 Å². The molecule has 0 saturated heterocycles. The molecular formula is C17H20N2O4S2. The summed E-state index contributed by atoms with van der Waals surface area (Å²) in [7, 11) is -0.644. The Kier molecular flexibility index (Phi) is 6.46. The minimum Gasteiger partial charge on any atom is -0.496 e. The van der Waals surface area contributed by atoms with Crippen molar-refractivity contribution in [1.29, 1.82) is 0 Å². The maximum absolute atomic E-state index is 12.2. The summed E-state index contributed by atoms with van der Waals surface area (Å²) < 4.78 is 31.5. The molecule has 8 heteroatoms. The number of aryl methyl sites for hydroxylation is 1. The van der Waals surface area contributed by atoms with Crippen molar-refractivity contribution in [2.45, 2.75) is 16.7 Å². The number of thioether (sulfide) groups is 1. The third-order valence-electron chi connectivity index (χ3n) is 3.46. The number of ether oxygens (including phenoxy) is 1. The number of benzene rings is 2. The van der Waals surface area contributed by atoms with E-state index in [1.807, 2.05) is 24.3 Å². The third-order valence-corrected chi connectivity index (χ3v) is 6.07. The first-order chi connectivity index (χ1) is 11.9. The fourth-order valence-corrected chi connectivity index (χ4v) is 3.98. The molecule has 0 aromatic heterocycles. The van der Waals surface area contributed by atoms with E-state index in [9.17, 15) is 13.2 Å². The summed E-state index contributed by atoms with van der Waals surface area (Å²) in [6, 6.07) is 12.2. The largest absolute Gasteiger partial charge is 0.496 e. The standard InChI is InChI=1S/C17H20N2O4S2/c1-12-8-9-13(10-16(12)25(21,22)18-2)19-17(20)11-24-15-7-5-4-6-14(15)23-3/h4-10,18H,11H2,1-3H3,(H,19,20). The predicted octanol–water partition coefficient (Wildman–Crippen LogP) is 2.64. The van der Waals surface area contributed by atoms with Crippen LogP contribution < -0.4 is 14.8 Å². The van der Waals surface area contributed by atoms with Gasteiger partial charge in [0.05, 0.1) is 17.8 Å². The SMILES string of the molecule is CNS(=O)(=O)c1cc(NC(=O)CSc2ccccc2OC)ccc1C. The topological polar surface area (TPSA) is 84.5 Å². The number of carbonyl (C=O) groups is 1. The molecule has 0 saturated carbocycles. The number of para-hydroxylation sites is 1. The highest BCUT2D eigenvalue weighted by molar-refractivity contribution is 8.00. The van der Waals surface area contributed by atoms with Crippen LogP contribution in [-0.2, 0) is 14.8 Å². The number of carbonyl (C=O) groups excluding carboxylic acids is 1. The Bertz CT molecular complexity index is 867. The highest BCUT2D eigenvalue weighted by Crippen LogP contribution is 2.28. The van der Waals surface area contributed by atoms with E-state index >= 15 is 0 Å². The number of rotatable bonds is 7. The van der Waals surface area contributed by atoms with Gasteiger partial charge in [0.15, 0.2) is 0 Å². The van der Waals surface area contributed by atoms with Crippen LogP contribution in [0.3, 0.4) is 0 Å². The van der Waals surface area contributed by atoms with Crippen LogP contribution in [0.25, 0.3) is 0 Å². The van der Waals surface area contributed by atoms with Gasteiger partial charge in [0, 0.05) is 10.6 Å². The molecule has 0 heterocycles. The van der Waals surface area contributed by atoms with Gasteiger partial charge in [0.1, 0.15) is 5.75 Å². The number of sulfonamides is 1. The summed E-state index contributed by atoms with van der Waals surface area (Å²) >= 11 is 1.35. The summed E-state index contributed by atoms with van der Waals surface area (Å²) in [5.41, 5.74) is 1.04. The summed E-state index contributed by atoms with van der Waals surface area (Å²) in [5, 5.41) is 2.72. The summed E-state index contributed by atoms with van der Waals surface area (Å²) in [5.74, 6) is 0.660. The Morgan fingerprint density at radius 2 is 1.92 bits per heavy atom. The maximum Gasteiger partial charge on any atom is 0.240 e. The van der Waals surface area contributed by atoms with Gasteiger partial charge in [-0.2, -0.15) is 0 Å². The molecule has 0 fully saturated rings. The van der Waals surface area contributed by atoms with Gasteiger partial charge in [-0.15, -0.1) is 11.8 Å². The molecule has 6 nitrogen and oxygen atoms in total. The number of methoxy groups -OCH3 is 1. The average Bonchev–Trinajstić information content (AvgIpc) is 2.61. The first kappa shape index (κ1) is 19.3. The van der Waals surface area contributed by atoms with Gasteiger partial charge in [0.2, 0.25) is 15.9 Å². The van der Waals surface area contributed by atoms with Gasteiger partial charge in [-0.25, -0.2) is 13.1 Å². The monoisotopic (exact) mass is 380 g/mol. The molecule has 0 aliphatic heterocycles. The van der Waals surface area contributed by atoms with E-state index in [-0.39, 0.29) is 16.6 Å². The Labute approximate surface area is 152 Å². The lowest BCUT2D eigenvalue weighted by Crippen LogP contribution is -2.20. The molecule has 0 atom stereocenters. The Morgan fingerprint density at radius 3 is 2.60 bits per heavy atom. The van der Waals surface area contributed by atoms with E-state index in [0.717, 1.165) is 4.90 Å². The van der Waals surface area contributed by atoms with Gasteiger partial charge in [-0.05, 0) is 43.8 Å². The van der Waals surface area contributed by atoms with Crippen LogP contribution in [0.2, 0.25) is 0 Å². The number of hydrogen-bond acceptors (Lipinski definition) is 5. The van der Waals surface area contributed by atoms with Gasteiger partial charge in [-0.1, -0.05) is 18.2 Å². The molecular weight excluding hydrogens is 360 g/mol. The summed E-state index contributed by atoms with van der Waals surface area (Å²) in [6.45, 7) is 1.70. The van der Waals surface area contributed by atoms with Crippen LogP contribution in [0.15, 0.2) is 52.3 Å². The molecule has 0 spiro atoms. The van der Waals surface area contributed by atoms with E-state index in [4.69, 9.17) is 4.74 Å². The van der Waals surface area contributed by atoms with E-state index in [1.165, 1.54) is 24.9 Å². The minimum atomic E-state index is -3.57. The molecule has 2 aromatic carbocycles. The lowest BCUT2D eigenvalue weighted by atomic mass is 10.2. The second-order valence-electron chi connectivity index (χ2n) is 5.18. The van der Waals surface area contributed by atoms with Crippen LogP contribution in [-0.4, -0.2) is 34.2 Å². The normalized spacial score (nSPS) is 11.2. The molecule has 2 rings (SSSR count). The lowest BCUT2D eigenvalue weighted by molar-refractivity contribution is -0.113. The van der Waals surface area contributed by atoms with Crippen molar-refractivity contribution < 1.29 is 17.9 Å². The fourth-order valence-electron chi connectivity index (χ4n) is 2.16.